The lowest BCUT2D eigenvalue weighted by atomic mass is 9.93. The average Bonchev–Trinajstić information content (AvgIpc) is 2.52. The topological polar surface area (TPSA) is 42.9 Å². The van der Waals surface area contributed by atoms with Crippen molar-refractivity contribution in [3.05, 3.63) is 64.2 Å². The van der Waals surface area contributed by atoms with E-state index in [-0.39, 0.29) is 0 Å². The Labute approximate surface area is 132 Å². The highest BCUT2D eigenvalue weighted by Gasteiger charge is 2.14. The number of carbonyl (C=O) groups is 1. The first kappa shape index (κ1) is 16.1. The van der Waals surface area contributed by atoms with Crippen LogP contribution in [0.5, 0.6) is 0 Å². The fourth-order valence-corrected chi connectivity index (χ4v) is 2.66. The minimum Gasteiger partial charge on any atom is -0.298 e. The van der Waals surface area contributed by atoms with Gasteiger partial charge in [-0.25, -0.2) is 9.97 Å². The zero-order valence-corrected chi connectivity index (χ0v) is 13.7. The van der Waals surface area contributed by atoms with Crippen molar-refractivity contribution in [3.8, 4) is 0 Å². The second-order valence-corrected chi connectivity index (χ2v) is 5.44. The van der Waals surface area contributed by atoms with Crippen molar-refractivity contribution in [2.75, 3.05) is 0 Å². The molecule has 3 nitrogen and oxygen atoms in total. The van der Waals surface area contributed by atoms with Gasteiger partial charge in [0, 0.05) is 17.3 Å². The molecule has 0 aliphatic heterocycles. The van der Waals surface area contributed by atoms with Crippen LogP contribution in [-0.2, 0) is 6.42 Å². The summed E-state index contributed by atoms with van der Waals surface area (Å²) in [5, 5.41) is 0. The summed E-state index contributed by atoms with van der Waals surface area (Å²) in [5.74, 6) is 0.774. The zero-order valence-electron chi connectivity index (χ0n) is 13.7. The smallest absolute Gasteiger partial charge is 0.150 e. The van der Waals surface area contributed by atoms with E-state index < -0.39 is 0 Å². The van der Waals surface area contributed by atoms with E-state index in [1.807, 2.05) is 45.2 Å². The molecular formula is C19H22N2O. The van der Waals surface area contributed by atoms with Crippen molar-refractivity contribution in [2.45, 2.75) is 40.5 Å². The van der Waals surface area contributed by atoms with Gasteiger partial charge in [0.05, 0.1) is 5.69 Å². The molecule has 0 saturated carbocycles. The Morgan fingerprint density at radius 2 is 2.05 bits per heavy atom. The lowest BCUT2D eigenvalue weighted by Crippen LogP contribution is -2.04. The number of aromatic nitrogens is 2. The van der Waals surface area contributed by atoms with Crippen LogP contribution in [0.25, 0.3) is 5.57 Å². The second kappa shape index (κ2) is 7.12. The molecule has 1 aromatic carbocycles. The summed E-state index contributed by atoms with van der Waals surface area (Å²) in [6.45, 7) is 8.12. The first-order valence-electron chi connectivity index (χ1n) is 7.66. The molecule has 1 aromatic heterocycles. The van der Waals surface area contributed by atoms with Gasteiger partial charge in [-0.05, 0) is 49.9 Å². The first-order valence-corrected chi connectivity index (χ1v) is 7.66. The van der Waals surface area contributed by atoms with E-state index in [2.05, 4.69) is 23.0 Å². The van der Waals surface area contributed by atoms with Crippen molar-refractivity contribution in [2.24, 2.45) is 0 Å². The molecule has 0 N–H and O–H groups in total. The number of aryl methyl sites for hydroxylation is 3. The molecule has 2 aromatic rings. The average molecular weight is 294 g/mol. The Hall–Kier alpha value is -2.29. The maximum absolute atomic E-state index is 10.9. The first-order chi connectivity index (χ1) is 10.6. The Morgan fingerprint density at radius 3 is 2.64 bits per heavy atom. The van der Waals surface area contributed by atoms with Crippen LogP contribution in [0, 0.1) is 13.8 Å². The van der Waals surface area contributed by atoms with Gasteiger partial charge >= 0.3 is 0 Å². The third kappa shape index (κ3) is 3.30. The summed E-state index contributed by atoms with van der Waals surface area (Å²) < 4.78 is 0. The Morgan fingerprint density at radius 1 is 1.27 bits per heavy atom. The number of aldehydes is 1. The van der Waals surface area contributed by atoms with E-state index in [0.717, 1.165) is 47.3 Å². The van der Waals surface area contributed by atoms with Crippen LogP contribution in [0.1, 0.15) is 58.8 Å². The summed E-state index contributed by atoms with van der Waals surface area (Å²) in [7, 11) is 0. The predicted molar refractivity (Wildman–Crippen MR) is 90.1 cm³/mol. The third-order valence-electron chi connectivity index (χ3n) is 3.72. The molecular weight excluding hydrogens is 272 g/mol. The number of carbonyl (C=O) groups excluding carboxylic acids is 1. The number of hydrogen-bond donors (Lipinski definition) is 0. The van der Waals surface area contributed by atoms with E-state index in [0.29, 0.717) is 5.56 Å². The molecule has 0 bridgehead atoms. The Balaban J connectivity index is 2.58. The normalized spacial score (nSPS) is 11.5. The lowest BCUT2D eigenvalue weighted by Gasteiger charge is -2.14. The van der Waals surface area contributed by atoms with Crippen LogP contribution in [0.3, 0.4) is 0 Å². The van der Waals surface area contributed by atoms with Gasteiger partial charge in [0.2, 0.25) is 0 Å². The maximum Gasteiger partial charge on any atom is 0.150 e. The molecule has 0 radical (unpaired) electrons. The van der Waals surface area contributed by atoms with Crippen LogP contribution in [0.2, 0.25) is 0 Å². The predicted octanol–water partition coefficient (Wildman–Crippen LogP) is 4.31. The van der Waals surface area contributed by atoms with Crippen molar-refractivity contribution in [1.82, 2.24) is 9.97 Å². The van der Waals surface area contributed by atoms with Crippen molar-refractivity contribution in [3.63, 3.8) is 0 Å². The quantitative estimate of drug-likeness (QED) is 0.772. The molecule has 114 valence electrons. The molecule has 0 atom stereocenters. The molecule has 22 heavy (non-hydrogen) atoms. The molecule has 0 fully saturated rings. The summed E-state index contributed by atoms with van der Waals surface area (Å²) in [4.78, 5) is 19.9. The minimum atomic E-state index is 0.698. The van der Waals surface area contributed by atoms with Gasteiger partial charge in [-0.2, -0.15) is 0 Å². The van der Waals surface area contributed by atoms with Gasteiger partial charge in [0.1, 0.15) is 12.1 Å². The fourth-order valence-electron chi connectivity index (χ4n) is 2.66. The SMILES string of the molecule is C/C=C(\c1ccc(C=O)cc1C)c1nc(C)ncc1CCC. The van der Waals surface area contributed by atoms with Gasteiger partial charge in [-0.1, -0.05) is 31.6 Å². The fraction of sp³-hybridized carbons (Fsp3) is 0.316. The number of benzene rings is 1. The van der Waals surface area contributed by atoms with Crippen molar-refractivity contribution < 1.29 is 4.79 Å². The molecule has 0 aliphatic rings. The zero-order chi connectivity index (χ0) is 16.1. The highest BCUT2D eigenvalue weighted by molar-refractivity contribution is 5.83. The van der Waals surface area contributed by atoms with Gasteiger partial charge in [0.25, 0.3) is 0 Å². The minimum absolute atomic E-state index is 0.698. The molecule has 2 rings (SSSR count). The van der Waals surface area contributed by atoms with Crippen LogP contribution in [-0.4, -0.2) is 16.3 Å². The van der Waals surface area contributed by atoms with Crippen molar-refractivity contribution >= 4 is 11.9 Å². The maximum atomic E-state index is 10.9. The van der Waals surface area contributed by atoms with E-state index in [1.54, 1.807) is 0 Å². The van der Waals surface area contributed by atoms with Gasteiger partial charge in [-0.15, -0.1) is 0 Å². The molecule has 0 aliphatic carbocycles. The van der Waals surface area contributed by atoms with E-state index >= 15 is 0 Å². The van der Waals surface area contributed by atoms with E-state index in [1.165, 1.54) is 5.56 Å². The van der Waals surface area contributed by atoms with Crippen LogP contribution >= 0.6 is 0 Å². The number of nitrogens with zero attached hydrogens (tertiary/aromatic N) is 2. The molecule has 0 amide bonds. The largest absolute Gasteiger partial charge is 0.298 e. The Bertz CT molecular complexity index is 717. The third-order valence-corrected chi connectivity index (χ3v) is 3.72. The molecule has 0 spiro atoms. The molecule has 0 saturated heterocycles. The van der Waals surface area contributed by atoms with Gasteiger partial charge in [-0.3, -0.25) is 4.79 Å². The van der Waals surface area contributed by atoms with Crippen LogP contribution in [0.15, 0.2) is 30.5 Å². The highest BCUT2D eigenvalue weighted by Crippen LogP contribution is 2.28. The lowest BCUT2D eigenvalue weighted by molar-refractivity contribution is 0.112. The number of hydrogen-bond acceptors (Lipinski definition) is 3. The summed E-state index contributed by atoms with van der Waals surface area (Å²) >= 11 is 0. The standard InChI is InChI=1S/C19H22N2O/c1-5-7-16-11-20-14(4)21-19(16)17(6-2)18-9-8-15(12-22)10-13(18)3/h6,8-12H,5,7H2,1-4H3/b17-6+. The van der Waals surface area contributed by atoms with E-state index in [9.17, 15) is 4.79 Å². The number of allylic oxidation sites excluding steroid dienone is 1. The molecule has 1 heterocycles. The summed E-state index contributed by atoms with van der Waals surface area (Å²) in [6.07, 6.45) is 6.91. The van der Waals surface area contributed by atoms with Crippen LogP contribution < -0.4 is 0 Å². The second-order valence-electron chi connectivity index (χ2n) is 5.44. The summed E-state index contributed by atoms with van der Waals surface area (Å²) in [5.41, 5.74) is 6.16. The van der Waals surface area contributed by atoms with E-state index in [4.69, 9.17) is 0 Å². The molecule has 3 heteroatoms. The highest BCUT2D eigenvalue weighted by atomic mass is 16.1. The van der Waals surface area contributed by atoms with Gasteiger partial charge in [0.15, 0.2) is 0 Å². The van der Waals surface area contributed by atoms with Crippen molar-refractivity contribution in [1.29, 1.82) is 0 Å². The van der Waals surface area contributed by atoms with Gasteiger partial charge < -0.3 is 0 Å². The van der Waals surface area contributed by atoms with Crippen LogP contribution in [0.4, 0.5) is 0 Å². The monoisotopic (exact) mass is 294 g/mol. The Kier molecular flexibility index (Phi) is 5.21. The number of rotatable bonds is 5. The molecule has 0 unspecified atom stereocenters. The summed E-state index contributed by atoms with van der Waals surface area (Å²) in [6, 6.07) is 5.77.